The summed E-state index contributed by atoms with van der Waals surface area (Å²) in [7, 11) is 0. The molecular weight excluding hydrogens is 264 g/mol. The number of nitrogens with two attached hydrogens (primary N) is 1. The molecule has 7 heteroatoms. The van der Waals surface area contributed by atoms with Crippen molar-refractivity contribution in [2.45, 2.75) is 6.61 Å². The molecule has 1 aromatic heterocycles. The Hall–Kier alpha value is -2.67. The van der Waals surface area contributed by atoms with E-state index in [1.165, 1.54) is 6.26 Å². The van der Waals surface area contributed by atoms with E-state index in [1.807, 2.05) is 5.43 Å². The first-order chi connectivity index (χ1) is 9.76. The Morgan fingerprint density at radius 2 is 2.15 bits per heavy atom. The highest BCUT2D eigenvalue weighted by Crippen LogP contribution is 2.35. The number of carbonyl (C=O) groups is 1. The van der Waals surface area contributed by atoms with Crippen LogP contribution in [0.1, 0.15) is 16.1 Å². The van der Waals surface area contributed by atoms with Crippen molar-refractivity contribution in [3.8, 4) is 17.2 Å². The van der Waals surface area contributed by atoms with E-state index in [2.05, 4.69) is 0 Å². The van der Waals surface area contributed by atoms with Gasteiger partial charge in [0.25, 0.3) is 5.91 Å². The molecule has 0 unspecified atom stereocenters. The minimum Gasteiger partial charge on any atom is -0.486 e. The zero-order chi connectivity index (χ0) is 13.9. The highest BCUT2D eigenvalue weighted by molar-refractivity contribution is 5.93. The first kappa shape index (κ1) is 12.4. The van der Waals surface area contributed by atoms with Gasteiger partial charge in [-0.2, -0.15) is 0 Å². The fraction of sp³-hybridized carbons (Fsp3) is 0.154. The van der Waals surface area contributed by atoms with Gasteiger partial charge in [-0.05, 0) is 18.2 Å². The lowest BCUT2D eigenvalue weighted by Gasteiger charge is -2.04. The van der Waals surface area contributed by atoms with Gasteiger partial charge in [-0.3, -0.25) is 10.2 Å². The molecule has 2 heterocycles. The molecule has 104 valence electrons. The second-order valence-electron chi connectivity index (χ2n) is 4.08. The van der Waals surface area contributed by atoms with Crippen LogP contribution in [0.2, 0.25) is 0 Å². The number of hydrogen-bond donors (Lipinski definition) is 2. The van der Waals surface area contributed by atoms with Crippen LogP contribution in [0.25, 0.3) is 0 Å². The summed E-state index contributed by atoms with van der Waals surface area (Å²) in [5.41, 5.74) is 2.37. The summed E-state index contributed by atoms with van der Waals surface area (Å²) in [6, 6.07) is 6.84. The van der Waals surface area contributed by atoms with Crippen molar-refractivity contribution < 1.29 is 23.4 Å². The van der Waals surface area contributed by atoms with E-state index in [9.17, 15) is 4.79 Å². The summed E-state index contributed by atoms with van der Waals surface area (Å²) in [6.07, 6.45) is 1.32. The first-order valence-corrected chi connectivity index (χ1v) is 5.87. The molecule has 3 rings (SSSR count). The lowest BCUT2D eigenvalue weighted by Crippen LogP contribution is -2.29. The molecule has 0 spiro atoms. The summed E-state index contributed by atoms with van der Waals surface area (Å²) in [5.74, 6) is 7.09. The Kier molecular flexibility index (Phi) is 3.18. The molecule has 2 aromatic rings. The number of fused-ring (bicyclic) bond motifs is 1. The van der Waals surface area contributed by atoms with Crippen molar-refractivity contribution in [2.24, 2.45) is 5.84 Å². The minimum absolute atomic E-state index is 0.192. The molecule has 0 aliphatic carbocycles. The predicted molar refractivity (Wildman–Crippen MR) is 67.3 cm³/mol. The number of furan rings is 1. The van der Waals surface area contributed by atoms with E-state index in [0.717, 1.165) is 0 Å². The van der Waals surface area contributed by atoms with Gasteiger partial charge in [0.1, 0.15) is 24.4 Å². The molecule has 20 heavy (non-hydrogen) atoms. The van der Waals surface area contributed by atoms with Crippen LogP contribution in [0, 0.1) is 0 Å². The zero-order valence-electron chi connectivity index (χ0n) is 10.4. The number of amides is 1. The van der Waals surface area contributed by atoms with Crippen molar-refractivity contribution in [2.75, 3.05) is 6.79 Å². The third-order valence-corrected chi connectivity index (χ3v) is 2.77. The molecule has 1 aliphatic rings. The molecule has 0 atom stereocenters. The van der Waals surface area contributed by atoms with Crippen molar-refractivity contribution in [1.82, 2.24) is 5.43 Å². The van der Waals surface area contributed by atoms with Crippen LogP contribution in [-0.4, -0.2) is 12.7 Å². The van der Waals surface area contributed by atoms with Gasteiger partial charge in [-0.15, -0.1) is 0 Å². The molecule has 1 aliphatic heterocycles. The SMILES string of the molecule is NNC(=O)c1coc(COc2ccc3c(c2)OCO3)c1. The molecule has 0 radical (unpaired) electrons. The third-order valence-electron chi connectivity index (χ3n) is 2.77. The number of hydrogen-bond acceptors (Lipinski definition) is 6. The van der Waals surface area contributed by atoms with E-state index < -0.39 is 5.91 Å². The van der Waals surface area contributed by atoms with Gasteiger partial charge in [0.05, 0.1) is 5.56 Å². The van der Waals surface area contributed by atoms with Crippen LogP contribution >= 0.6 is 0 Å². The van der Waals surface area contributed by atoms with E-state index >= 15 is 0 Å². The Labute approximate surface area is 114 Å². The highest BCUT2D eigenvalue weighted by Gasteiger charge is 2.14. The Balaban J connectivity index is 1.64. The van der Waals surface area contributed by atoms with Gasteiger partial charge in [-0.25, -0.2) is 5.84 Å². The summed E-state index contributed by atoms with van der Waals surface area (Å²) in [4.78, 5) is 11.3. The van der Waals surface area contributed by atoms with Crippen LogP contribution in [-0.2, 0) is 6.61 Å². The van der Waals surface area contributed by atoms with Crippen molar-refractivity contribution >= 4 is 5.91 Å². The minimum atomic E-state index is -0.414. The molecule has 0 bridgehead atoms. The van der Waals surface area contributed by atoms with Crippen LogP contribution in [0.3, 0.4) is 0 Å². The van der Waals surface area contributed by atoms with Crippen LogP contribution in [0.4, 0.5) is 0 Å². The fourth-order valence-electron chi connectivity index (χ4n) is 1.78. The maximum absolute atomic E-state index is 11.3. The highest BCUT2D eigenvalue weighted by atomic mass is 16.7. The van der Waals surface area contributed by atoms with Crippen molar-refractivity contribution in [1.29, 1.82) is 0 Å². The Morgan fingerprint density at radius 1 is 1.30 bits per heavy atom. The van der Waals surface area contributed by atoms with Gasteiger partial charge < -0.3 is 18.6 Å². The molecule has 7 nitrogen and oxygen atoms in total. The maximum atomic E-state index is 11.3. The molecule has 3 N–H and O–H groups in total. The average molecular weight is 276 g/mol. The number of ether oxygens (including phenoxy) is 3. The van der Waals surface area contributed by atoms with Gasteiger partial charge in [0.15, 0.2) is 11.5 Å². The molecule has 0 saturated carbocycles. The fourth-order valence-corrected chi connectivity index (χ4v) is 1.78. The lowest BCUT2D eigenvalue weighted by molar-refractivity contribution is 0.0953. The molecule has 1 aromatic carbocycles. The van der Waals surface area contributed by atoms with Gasteiger partial charge in [0.2, 0.25) is 6.79 Å². The summed E-state index contributed by atoms with van der Waals surface area (Å²) >= 11 is 0. The molecular formula is C13H12N2O5. The first-order valence-electron chi connectivity index (χ1n) is 5.87. The molecule has 0 saturated heterocycles. The van der Waals surface area contributed by atoms with Crippen LogP contribution in [0.15, 0.2) is 34.9 Å². The summed E-state index contributed by atoms with van der Waals surface area (Å²) in [6.45, 7) is 0.409. The molecule has 0 fully saturated rings. The monoisotopic (exact) mass is 276 g/mol. The largest absolute Gasteiger partial charge is 0.486 e. The zero-order valence-corrected chi connectivity index (χ0v) is 10.4. The predicted octanol–water partition coefficient (Wildman–Crippen LogP) is 1.19. The van der Waals surface area contributed by atoms with Crippen molar-refractivity contribution in [3.63, 3.8) is 0 Å². The van der Waals surface area contributed by atoms with E-state index in [0.29, 0.717) is 28.6 Å². The van der Waals surface area contributed by atoms with E-state index in [-0.39, 0.29) is 13.4 Å². The number of benzene rings is 1. The van der Waals surface area contributed by atoms with E-state index in [4.69, 9.17) is 24.5 Å². The normalized spacial score (nSPS) is 12.2. The second kappa shape index (κ2) is 5.14. The Morgan fingerprint density at radius 3 is 3.00 bits per heavy atom. The summed E-state index contributed by atoms with van der Waals surface area (Å²) in [5, 5.41) is 0. The number of nitrogens with one attached hydrogen (secondary N) is 1. The number of rotatable bonds is 4. The smallest absolute Gasteiger partial charge is 0.268 e. The van der Waals surface area contributed by atoms with Crippen LogP contribution < -0.4 is 25.5 Å². The summed E-state index contributed by atoms with van der Waals surface area (Å²) < 4.78 is 21.2. The van der Waals surface area contributed by atoms with Gasteiger partial charge in [0, 0.05) is 6.07 Å². The maximum Gasteiger partial charge on any atom is 0.268 e. The van der Waals surface area contributed by atoms with Gasteiger partial charge in [-0.1, -0.05) is 0 Å². The average Bonchev–Trinajstić information content (AvgIpc) is 3.12. The quantitative estimate of drug-likeness (QED) is 0.494. The number of hydrazine groups is 1. The standard InChI is InChI=1S/C13H12N2O5/c14-15-13(16)8-3-10(17-5-8)6-18-9-1-2-11-12(4-9)20-7-19-11/h1-5H,6-7,14H2,(H,15,16). The third kappa shape index (κ3) is 2.39. The molecule has 1 amide bonds. The second-order valence-corrected chi connectivity index (χ2v) is 4.08. The number of nitrogen functional groups attached to an aromatic ring is 1. The lowest BCUT2D eigenvalue weighted by atomic mass is 10.3. The Bertz CT molecular complexity index is 637. The topological polar surface area (TPSA) is 96.0 Å². The van der Waals surface area contributed by atoms with E-state index in [1.54, 1.807) is 24.3 Å². The number of carbonyl (C=O) groups excluding carboxylic acids is 1. The van der Waals surface area contributed by atoms with Gasteiger partial charge >= 0.3 is 0 Å². The van der Waals surface area contributed by atoms with Crippen molar-refractivity contribution in [3.05, 3.63) is 41.9 Å². The van der Waals surface area contributed by atoms with Crippen LogP contribution in [0.5, 0.6) is 17.2 Å².